The Hall–Kier alpha value is -3.03. The number of H-pyrrole nitrogens is 1. The van der Waals surface area contributed by atoms with E-state index in [2.05, 4.69) is 20.8 Å². The zero-order chi connectivity index (χ0) is 17.6. The molecule has 8 heteroatoms. The first-order chi connectivity index (χ1) is 12.2. The topological polar surface area (TPSA) is 105 Å². The monoisotopic (exact) mass is 344 g/mol. The third kappa shape index (κ3) is 4.09. The Morgan fingerprint density at radius 2 is 2.16 bits per heavy atom. The quantitative estimate of drug-likeness (QED) is 0.725. The van der Waals surface area contributed by atoms with Gasteiger partial charge in [0.1, 0.15) is 18.3 Å². The van der Waals surface area contributed by atoms with E-state index in [1.165, 1.54) is 0 Å². The number of rotatable bonds is 6. The molecule has 0 bridgehead atoms. The Balaban J connectivity index is 1.58. The standard InChI is InChI=1S/C17H20N4O4/c1-24-14-6-2-3-7-15(14)25-10-11-9-13(21-20-11)17(23)19-12-5-4-8-18-16(12)22/h2-3,6-7,9,12H,4-5,8,10H2,1H3,(H,18,22)(H,19,23)(H,20,21). The fourth-order valence-corrected chi connectivity index (χ4v) is 2.59. The molecule has 1 unspecified atom stereocenters. The average Bonchev–Trinajstić information content (AvgIpc) is 3.11. The number of hydrogen-bond acceptors (Lipinski definition) is 5. The van der Waals surface area contributed by atoms with Crippen LogP contribution in [-0.4, -0.2) is 41.7 Å². The zero-order valence-electron chi connectivity index (χ0n) is 13.9. The molecule has 1 fully saturated rings. The lowest BCUT2D eigenvalue weighted by Gasteiger charge is -2.22. The summed E-state index contributed by atoms with van der Waals surface area (Å²) in [4.78, 5) is 23.9. The van der Waals surface area contributed by atoms with Gasteiger partial charge in [0.05, 0.1) is 12.8 Å². The summed E-state index contributed by atoms with van der Waals surface area (Å²) in [6, 6.07) is 8.39. The molecule has 1 aromatic heterocycles. The van der Waals surface area contributed by atoms with Crippen LogP contribution in [0.2, 0.25) is 0 Å². The fraction of sp³-hybridized carbons (Fsp3) is 0.353. The summed E-state index contributed by atoms with van der Waals surface area (Å²) in [5.41, 5.74) is 0.862. The van der Waals surface area contributed by atoms with Crippen LogP contribution in [0.1, 0.15) is 29.0 Å². The van der Waals surface area contributed by atoms with Gasteiger partial charge in [-0.2, -0.15) is 5.10 Å². The third-order valence-electron chi connectivity index (χ3n) is 3.91. The van der Waals surface area contributed by atoms with Gasteiger partial charge in [-0.3, -0.25) is 14.7 Å². The molecule has 1 aromatic carbocycles. The summed E-state index contributed by atoms with van der Waals surface area (Å²) in [7, 11) is 1.57. The Morgan fingerprint density at radius 1 is 1.36 bits per heavy atom. The van der Waals surface area contributed by atoms with E-state index in [0.29, 0.717) is 30.2 Å². The number of ether oxygens (including phenoxy) is 2. The molecule has 0 radical (unpaired) electrons. The van der Waals surface area contributed by atoms with E-state index in [-0.39, 0.29) is 24.1 Å². The van der Waals surface area contributed by atoms with Crippen molar-refractivity contribution in [2.45, 2.75) is 25.5 Å². The highest BCUT2D eigenvalue weighted by Crippen LogP contribution is 2.26. The van der Waals surface area contributed by atoms with E-state index in [1.807, 2.05) is 12.1 Å². The molecule has 132 valence electrons. The van der Waals surface area contributed by atoms with Crippen molar-refractivity contribution < 1.29 is 19.1 Å². The van der Waals surface area contributed by atoms with Gasteiger partial charge in [0.15, 0.2) is 11.5 Å². The number of carbonyl (C=O) groups excluding carboxylic acids is 2. The number of benzene rings is 1. The summed E-state index contributed by atoms with van der Waals surface area (Å²) in [6.45, 7) is 0.864. The minimum Gasteiger partial charge on any atom is -0.493 e. The molecule has 0 spiro atoms. The lowest BCUT2D eigenvalue weighted by Crippen LogP contribution is -2.50. The van der Waals surface area contributed by atoms with Crippen LogP contribution in [-0.2, 0) is 11.4 Å². The maximum Gasteiger partial charge on any atom is 0.272 e. The van der Waals surface area contributed by atoms with E-state index in [9.17, 15) is 9.59 Å². The molecule has 25 heavy (non-hydrogen) atoms. The van der Waals surface area contributed by atoms with E-state index >= 15 is 0 Å². The molecular formula is C17H20N4O4. The predicted molar refractivity (Wildman–Crippen MR) is 89.4 cm³/mol. The van der Waals surface area contributed by atoms with E-state index < -0.39 is 6.04 Å². The van der Waals surface area contributed by atoms with E-state index in [0.717, 1.165) is 6.42 Å². The molecule has 1 aliphatic rings. The largest absolute Gasteiger partial charge is 0.493 e. The molecule has 2 heterocycles. The van der Waals surface area contributed by atoms with Crippen LogP contribution in [0.25, 0.3) is 0 Å². The van der Waals surface area contributed by atoms with Crippen LogP contribution in [0.15, 0.2) is 30.3 Å². The normalized spacial score (nSPS) is 16.8. The molecule has 2 amide bonds. The van der Waals surface area contributed by atoms with Crippen molar-refractivity contribution in [3.8, 4) is 11.5 Å². The molecular weight excluding hydrogens is 324 g/mol. The molecule has 2 aromatic rings. The second-order valence-electron chi connectivity index (χ2n) is 5.68. The molecule has 0 saturated carbocycles. The number of piperidine rings is 1. The summed E-state index contributed by atoms with van der Waals surface area (Å²) in [6.07, 6.45) is 1.47. The third-order valence-corrected chi connectivity index (χ3v) is 3.91. The second kappa shape index (κ2) is 7.69. The molecule has 0 aliphatic carbocycles. The lowest BCUT2D eigenvalue weighted by molar-refractivity contribution is -0.124. The number of nitrogens with one attached hydrogen (secondary N) is 3. The number of nitrogens with zero attached hydrogens (tertiary/aromatic N) is 1. The van der Waals surface area contributed by atoms with Gasteiger partial charge in [-0.15, -0.1) is 0 Å². The number of hydrogen-bond donors (Lipinski definition) is 3. The second-order valence-corrected chi connectivity index (χ2v) is 5.68. The Kier molecular flexibility index (Phi) is 5.17. The van der Waals surface area contributed by atoms with Gasteiger partial charge >= 0.3 is 0 Å². The van der Waals surface area contributed by atoms with Crippen LogP contribution < -0.4 is 20.1 Å². The smallest absolute Gasteiger partial charge is 0.272 e. The minimum absolute atomic E-state index is 0.158. The number of aromatic nitrogens is 2. The van der Waals surface area contributed by atoms with Gasteiger partial charge in [-0.1, -0.05) is 12.1 Å². The maximum absolute atomic E-state index is 12.2. The van der Waals surface area contributed by atoms with Gasteiger partial charge in [0.2, 0.25) is 5.91 Å². The number of para-hydroxylation sites is 2. The van der Waals surface area contributed by atoms with Crippen molar-refractivity contribution in [3.05, 3.63) is 41.7 Å². The van der Waals surface area contributed by atoms with Gasteiger partial charge in [0.25, 0.3) is 5.91 Å². The van der Waals surface area contributed by atoms with Gasteiger partial charge < -0.3 is 20.1 Å². The predicted octanol–water partition coefficient (Wildman–Crippen LogP) is 1.01. The van der Waals surface area contributed by atoms with Crippen molar-refractivity contribution in [1.29, 1.82) is 0 Å². The molecule has 1 saturated heterocycles. The molecule has 1 atom stereocenters. The highest BCUT2D eigenvalue weighted by molar-refractivity contribution is 5.96. The minimum atomic E-state index is -0.508. The lowest BCUT2D eigenvalue weighted by atomic mass is 10.1. The van der Waals surface area contributed by atoms with Gasteiger partial charge in [0, 0.05) is 6.54 Å². The molecule has 3 rings (SSSR count). The zero-order valence-corrected chi connectivity index (χ0v) is 13.9. The van der Waals surface area contributed by atoms with Crippen molar-refractivity contribution in [3.63, 3.8) is 0 Å². The Morgan fingerprint density at radius 3 is 2.92 bits per heavy atom. The first-order valence-corrected chi connectivity index (χ1v) is 8.06. The Labute approximate surface area is 144 Å². The van der Waals surface area contributed by atoms with Crippen LogP contribution in [0, 0.1) is 0 Å². The van der Waals surface area contributed by atoms with Crippen LogP contribution in [0.3, 0.4) is 0 Å². The number of amides is 2. The number of carbonyl (C=O) groups is 2. The summed E-state index contributed by atoms with van der Waals surface area (Å²) >= 11 is 0. The maximum atomic E-state index is 12.2. The van der Waals surface area contributed by atoms with E-state index in [1.54, 1.807) is 25.3 Å². The SMILES string of the molecule is COc1ccccc1OCc1cc(C(=O)NC2CCCNC2=O)n[nH]1. The molecule has 8 nitrogen and oxygen atoms in total. The first-order valence-electron chi connectivity index (χ1n) is 8.06. The molecule has 1 aliphatic heterocycles. The van der Waals surface area contributed by atoms with Crippen LogP contribution in [0.5, 0.6) is 11.5 Å². The van der Waals surface area contributed by atoms with E-state index in [4.69, 9.17) is 9.47 Å². The van der Waals surface area contributed by atoms with Crippen molar-refractivity contribution in [2.24, 2.45) is 0 Å². The summed E-state index contributed by atoms with van der Waals surface area (Å²) in [5.74, 6) is 0.685. The fourth-order valence-electron chi connectivity index (χ4n) is 2.59. The van der Waals surface area contributed by atoms with Gasteiger partial charge in [-0.25, -0.2) is 0 Å². The van der Waals surface area contributed by atoms with Crippen LogP contribution >= 0.6 is 0 Å². The van der Waals surface area contributed by atoms with Crippen molar-refractivity contribution in [2.75, 3.05) is 13.7 Å². The number of aromatic amines is 1. The van der Waals surface area contributed by atoms with Crippen molar-refractivity contribution in [1.82, 2.24) is 20.8 Å². The summed E-state index contributed by atoms with van der Waals surface area (Å²) < 4.78 is 10.9. The van der Waals surface area contributed by atoms with Crippen molar-refractivity contribution >= 4 is 11.8 Å². The summed E-state index contributed by atoms with van der Waals surface area (Å²) in [5, 5.41) is 12.2. The average molecular weight is 344 g/mol. The molecule has 3 N–H and O–H groups in total. The number of methoxy groups -OCH3 is 1. The highest BCUT2D eigenvalue weighted by Gasteiger charge is 2.24. The Bertz CT molecular complexity index is 759. The highest BCUT2D eigenvalue weighted by atomic mass is 16.5. The van der Waals surface area contributed by atoms with Crippen LogP contribution in [0.4, 0.5) is 0 Å². The van der Waals surface area contributed by atoms with Gasteiger partial charge in [-0.05, 0) is 31.0 Å². The first kappa shape index (κ1) is 16.8.